The normalized spacial score (nSPS) is 32.5. The lowest BCUT2D eigenvalue weighted by Crippen LogP contribution is -2.16. The molecule has 2 heterocycles. The summed E-state index contributed by atoms with van der Waals surface area (Å²) < 4.78 is 5.87. The maximum absolute atomic E-state index is 10.6. The van der Waals surface area contributed by atoms with E-state index in [1.807, 2.05) is 0 Å². The summed E-state index contributed by atoms with van der Waals surface area (Å²) in [6.45, 7) is 2.19. The molecular formula is C18H20O2. The summed E-state index contributed by atoms with van der Waals surface area (Å²) in [5, 5.41) is 10.6. The molecule has 2 nitrogen and oxygen atoms in total. The highest BCUT2D eigenvalue weighted by atomic mass is 16.5. The van der Waals surface area contributed by atoms with Gasteiger partial charge >= 0.3 is 0 Å². The smallest absolute Gasteiger partial charge is 0.102 e. The Bertz CT molecular complexity index is 600. The van der Waals surface area contributed by atoms with Crippen LogP contribution in [0.25, 0.3) is 6.08 Å². The van der Waals surface area contributed by atoms with E-state index in [0.29, 0.717) is 0 Å². The van der Waals surface area contributed by atoms with Gasteiger partial charge in [0.05, 0.1) is 6.10 Å². The first-order valence-corrected chi connectivity index (χ1v) is 7.65. The van der Waals surface area contributed by atoms with Gasteiger partial charge in [-0.15, -0.1) is 0 Å². The van der Waals surface area contributed by atoms with Gasteiger partial charge in [-0.2, -0.15) is 0 Å². The van der Waals surface area contributed by atoms with Gasteiger partial charge in [0.15, 0.2) is 0 Å². The average Bonchev–Trinajstić information content (AvgIpc) is 3.07. The molecule has 0 radical (unpaired) electrons. The quantitative estimate of drug-likeness (QED) is 0.831. The van der Waals surface area contributed by atoms with Gasteiger partial charge in [0, 0.05) is 5.92 Å². The molecule has 1 aromatic rings. The highest BCUT2D eigenvalue weighted by Crippen LogP contribution is 2.48. The Morgan fingerprint density at radius 1 is 1.05 bits per heavy atom. The third-order valence-corrected chi connectivity index (χ3v) is 4.79. The maximum Gasteiger partial charge on any atom is 0.102 e. The molecule has 0 saturated heterocycles. The SMILES string of the molecule is CCCC[C@@H]1C=Cc2cc3c(cc2[C@@H]1O)[C@@H]1C=C[C@H]3O1. The zero-order valence-electron chi connectivity index (χ0n) is 11.8. The van der Waals surface area contributed by atoms with Crippen LogP contribution in [0.2, 0.25) is 0 Å². The van der Waals surface area contributed by atoms with Crippen LogP contribution in [0.3, 0.4) is 0 Å². The zero-order chi connectivity index (χ0) is 13.7. The van der Waals surface area contributed by atoms with Crippen LogP contribution in [0.4, 0.5) is 0 Å². The third kappa shape index (κ3) is 1.72. The van der Waals surface area contributed by atoms with Crippen molar-refractivity contribution in [2.45, 2.75) is 44.5 Å². The molecule has 3 aliphatic rings. The van der Waals surface area contributed by atoms with E-state index in [0.717, 1.165) is 17.5 Å². The molecule has 0 fully saturated rings. The van der Waals surface area contributed by atoms with Crippen molar-refractivity contribution in [1.29, 1.82) is 0 Å². The molecule has 20 heavy (non-hydrogen) atoms. The molecule has 0 unspecified atom stereocenters. The van der Waals surface area contributed by atoms with Crippen LogP contribution in [0.15, 0.2) is 30.4 Å². The first-order chi connectivity index (χ1) is 9.78. The molecule has 2 heteroatoms. The number of benzene rings is 1. The summed E-state index contributed by atoms with van der Waals surface area (Å²) in [6.07, 6.45) is 11.9. The standard InChI is InChI=1S/C18H20O2/c1-2-3-4-11-5-6-12-9-14-15(10-13(12)18(11)19)17-8-7-16(14)20-17/h5-11,16-19H,2-4H2,1H3/t11-,16-,17+,18-/m1/s1. The highest BCUT2D eigenvalue weighted by Gasteiger charge is 2.36. The van der Waals surface area contributed by atoms with Crippen molar-refractivity contribution in [3.63, 3.8) is 0 Å². The van der Waals surface area contributed by atoms with Crippen LogP contribution >= 0.6 is 0 Å². The number of unbranched alkanes of at least 4 members (excludes halogenated alkanes) is 1. The minimum Gasteiger partial charge on any atom is -0.388 e. The molecule has 1 aliphatic carbocycles. The Hall–Kier alpha value is -1.38. The van der Waals surface area contributed by atoms with E-state index >= 15 is 0 Å². The maximum atomic E-state index is 10.6. The molecule has 2 aliphatic heterocycles. The van der Waals surface area contributed by atoms with E-state index in [9.17, 15) is 5.11 Å². The molecule has 1 aromatic carbocycles. The number of hydrogen-bond acceptors (Lipinski definition) is 2. The summed E-state index contributed by atoms with van der Waals surface area (Å²) in [6, 6.07) is 4.38. The van der Waals surface area contributed by atoms with E-state index in [4.69, 9.17) is 4.74 Å². The second kappa shape index (κ2) is 4.57. The van der Waals surface area contributed by atoms with Crippen molar-refractivity contribution >= 4 is 6.08 Å². The molecule has 4 atom stereocenters. The predicted molar refractivity (Wildman–Crippen MR) is 79.2 cm³/mol. The van der Waals surface area contributed by atoms with Crippen molar-refractivity contribution in [2.75, 3.05) is 0 Å². The molecular weight excluding hydrogens is 248 g/mol. The molecule has 0 aromatic heterocycles. The van der Waals surface area contributed by atoms with Crippen molar-refractivity contribution in [3.05, 3.63) is 52.6 Å². The lowest BCUT2D eigenvalue weighted by Gasteiger charge is -2.27. The number of ether oxygens (including phenoxy) is 1. The van der Waals surface area contributed by atoms with Crippen molar-refractivity contribution in [2.24, 2.45) is 5.92 Å². The van der Waals surface area contributed by atoms with Crippen LogP contribution in [-0.2, 0) is 4.74 Å². The third-order valence-electron chi connectivity index (χ3n) is 4.79. The Balaban J connectivity index is 1.70. The lowest BCUT2D eigenvalue weighted by atomic mass is 9.81. The van der Waals surface area contributed by atoms with Gasteiger partial charge in [-0.3, -0.25) is 0 Å². The summed E-state index contributed by atoms with van der Waals surface area (Å²) >= 11 is 0. The summed E-state index contributed by atoms with van der Waals surface area (Å²) in [7, 11) is 0. The van der Waals surface area contributed by atoms with Crippen LogP contribution in [0.1, 0.15) is 66.8 Å². The fraction of sp³-hybridized carbons (Fsp3) is 0.444. The van der Waals surface area contributed by atoms with Gasteiger partial charge < -0.3 is 9.84 Å². The lowest BCUT2D eigenvalue weighted by molar-refractivity contribution is 0.0877. The van der Waals surface area contributed by atoms with Gasteiger partial charge in [0.25, 0.3) is 0 Å². The van der Waals surface area contributed by atoms with Gasteiger partial charge in [0.1, 0.15) is 12.2 Å². The molecule has 4 rings (SSSR count). The van der Waals surface area contributed by atoms with E-state index in [2.05, 4.69) is 43.4 Å². The molecule has 2 bridgehead atoms. The van der Waals surface area contributed by atoms with Gasteiger partial charge in [-0.1, -0.05) is 44.1 Å². The molecule has 104 valence electrons. The number of rotatable bonds is 3. The number of aliphatic hydroxyl groups is 1. The second-order valence-corrected chi connectivity index (χ2v) is 6.08. The summed E-state index contributed by atoms with van der Waals surface area (Å²) in [5.41, 5.74) is 4.77. The van der Waals surface area contributed by atoms with E-state index < -0.39 is 0 Å². The largest absolute Gasteiger partial charge is 0.388 e. The summed E-state index contributed by atoms with van der Waals surface area (Å²) in [5.74, 6) is 0.260. The highest BCUT2D eigenvalue weighted by molar-refractivity contribution is 5.62. The van der Waals surface area contributed by atoms with Crippen LogP contribution < -0.4 is 0 Å². The monoisotopic (exact) mass is 268 g/mol. The van der Waals surface area contributed by atoms with Gasteiger partial charge in [-0.25, -0.2) is 0 Å². The first-order valence-electron chi connectivity index (χ1n) is 7.65. The van der Waals surface area contributed by atoms with E-state index in [1.165, 1.54) is 24.0 Å². The van der Waals surface area contributed by atoms with E-state index in [-0.39, 0.29) is 24.2 Å². The van der Waals surface area contributed by atoms with Gasteiger partial charge in [-0.05, 0) is 40.8 Å². The van der Waals surface area contributed by atoms with Crippen LogP contribution in [0, 0.1) is 5.92 Å². The van der Waals surface area contributed by atoms with Crippen molar-refractivity contribution < 1.29 is 9.84 Å². The number of aliphatic hydroxyl groups excluding tert-OH is 1. The van der Waals surface area contributed by atoms with Crippen molar-refractivity contribution in [3.8, 4) is 0 Å². The minimum atomic E-state index is -0.366. The Kier molecular flexibility index (Phi) is 2.83. The van der Waals surface area contributed by atoms with Crippen LogP contribution in [-0.4, -0.2) is 5.11 Å². The Morgan fingerprint density at radius 2 is 1.80 bits per heavy atom. The van der Waals surface area contributed by atoms with Gasteiger partial charge in [0.2, 0.25) is 0 Å². The second-order valence-electron chi connectivity index (χ2n) is 6.08. The van der Waals surface area contributed by atoms with Crippen LogP contribution in [0.5, 0.6) is 0 Å². The Labute approximate surface area is 119 Å². The molecule has 0 spiro atoms. The molecule has 0 amide bonds. The summed E-state index contributed by atoms with van der Waals surface area (Å²) in [4.78, 5) is 0. The fourth-order valence-corrected chi connectivity index (χ4v) is 3.62. The first kappa shape index (κ1) is 12.4. The number of fused-ring (bicyclic) bond motifs is 6. The minimum absolute atomic E-state index is 0.104. The average molecular weight is 268 g/mol. The van der Waals surface area contributed by atoms with E-state index in [1.54, 1.807) is 0 Å². The molecule has 1 N–H and O–H groups in total. The van der Waals surface area contributed by atoms with Crippen molar-refractivity contribution in [1.82, 2.24) is 0 Å². The zero-order valence-corrected chi connectivity index (χ0v) is 11.8. The topological polar surface area (TPSA) is 29.5 Å². The predicted octanol–water partition coefficient (Wildman–Crippen LogP) is 4.24. The fourth-order valence-electron chi connectivity index (χ4n) is 3.62. The Morgan fingerprint density at radius 3 is 2.55 bits per heavy atom. The molecule has 0 saturated carbocycles. The number of hydrogen-bond donors (Lipinski definition) is 1.